The van der Waals surface area contributed by atoms with Gasteiger partial charge in [-0.05, 0) is 42.5 Å². The molecule has 1 heterocycles. The van der Waals surface area contributed by atoms with Crippen molar-refractivity contribution in [3.8, 4) is 11.6 Å². The Hall–Kier alpha value is -2.03. The summed E-state index contributed by atoms with van der Waals surface area (Å²) in [7, 11) is 0. The number of nitrogens with zero attached hydrogens (tertiary/aromatic N) is 1. The molecule has 0 saturated carbocycles. The summed E-state index contributed by atoms with van der Waals surface area (Å²) < 4.78 is 5.97. The van der Waals surface area contributed by atoms with Crippen LogP contribution in [-0.2, 0) is 0 Å². The summed E-state index contributed by atoms with van der Waals surface area (Å²) in [5, 5.41) is 3.27. The number of hydrogen-bond acceptors (Lipinski definition) is 3. The van der Waals surface area contributed by atoms with Crippen molar-refractivity contribution in [3.05, 3.63) is 47.5 Å². The van der Waals surface area contributed by atoms with Crippen LogP contribution in [0.25, 0.3) is 0 Å². The molecular formula is C18H24N2O. The fourth-order valence-corrected chi connectivity index (χ4v) is 2.02. The second-order valence-electron chi connectivity index (χ2n) is 5.57. The average Bonchev–Trinajstić information content (AvgIpc) is 2.47. The zero-order valence-electron chi connectivity index (χ0n) is 13.3. The number of benzene rings is 1. The molecule has 0 saturated heterocycles. The Labute approximate surface area is 127 Å². The largest absolute Gasteiger partial charge is 0.439 e. The summed E-state index contributed by atoms with van der Waals surface area (Å²) in [6.07, 6.45) is 1.07. The highest BCUT2D eigenvalue weighted by atomic mass is 16.5. The zero-order chi connectivity index (χ0) is 15.2. The van der Waals surface area contributed by atoms with Crippen molar-refractivity contribution in [3.63, 3.8) is 0 Å². The Balaban J connectivity index is 2.19. The van der Waals surface area contributed by atoms with Crippen molar-refractivity contribution in [1.82, 2.24) is 4.98 Å². The Morgan fingerprint density at radius 3 is 2.71 bits per heavy atom. The SMILES string of the molecule is CCCNc1cccc(Oc2cc(C(C)C)ccc2C)n1. The van der Waals surface area contributed by atoms with Crippen molar-refractivity contribution >= 4 is 5.82 Å². The third kappa shape index (κ3) is 4.22. The highest BCUT2D eigenvalue weighted by Gasteiger charge is 2.07. The van der Waals surface area contributed by atoms with Gasteiger partial charge >= 0.3 is 0 Å². The lowest BCUT2D eigenvalue weighted by Crippen LogP contribution is -2.02. The van der Waals surface area contributed by atoms with Gasteiger partial charge in [-0.25, -0.2) is 0 Å². The van der Waals surface area contributed by atoms with E-state index in [0.717, 1.165) is 30.1 Å². The van der Waals surface area contributed by atoms with E-state index in [-0.39, 0.29) is 0 Å². The molecule has 0 aliphatic carbocycles. The lowest BCUT2D eigenvalue weighted by Gasteiger charge is -2.12. The number of ether oxygens (including phenoxy) is 1. The topological polar surface area (TPSA) is 34.1 Å². The number of aryl methyl sites for hydroxylation is 1. The van der Waals surface area contributed by atoms with Crippen molar-refractivity contribution in [2.24, 2.45) is 0 Å². The van der Waals surface area contributed by atoms with Gasteiger partial charge in [-0.1, -0.05) is 39.0 Å². The van der Waals surface area contributed by atoms with Gasteiger partial charge in [0.1, 0.15) is 11.6 Å². The first-order valence-corrected chi connectivity index (χ1v) is 7.59. The molecule has 112 valence electrons. The van der Waals surface area contributed by atoms with Gasteiger partial charge in [0.25, 0.3) is 0 Å². The molecule has 3 heteroatoms. The number of hydrogen-bond donors (Lipinski definition) is 1. The van der Waals surface area contributed by atoms with Crippen LogP contribution in [0.2, 0.25) is 0 Å². The minimum absolute atomic E-state index is 0.485. The monoisotopic (exact) mass is 284 g/mol. The van der Waals surface area contributed by atoms with Crippen molar-refractivity contribution in [1.29, 1.82) is 0 Å². The average molecular weight is 284 g/mol. The molecule has 0 unspecified atom stereocenters. The van der Waals surface area contributed by atoms with E-state index < -0.39 is 0 Å². The highest BCUT2D eigenvalue weighted by Crippen LogP contribution is 2.28. The Morgan fingerprint density at radius 2 is 2.00 bits per heavy atom. The van der Waals surface area contributed by atoms with Gasteiger partial charge in [0.15, 0.2) is 0 Å². The summed E-state index contributed by atoms with van der Waals surface area (Å²) >= 11 is 0. The second-order valence-corrected chi connectivity index (χ2v) is 5.57. The fourth-order valence-electron chi connectivity index (χ4n) is 2.02. The van der Waals surface area contributed by atoms with Crippen molar-refractivity contribution in [2.45, 2.75) is 40.0 Å². The first-order valence-electron chi connectivity index (χ1n) is 7.59. The van der Waals surface area contributed by atoms with E-state index in [4.69, 9.17) is 4.74 Å². The van der Waals surface area contributed by atoms with E-state index in [1.807, 2.05) is 18.2 Å². The molecule has 1 aromatic heterocycles. The number of aromatic nitrogens is 1. The minimum atomic E-state index is 0.485. The van der Waals surface area contributed by atoms with Crippen LogP contribution in [0.15, 0.2) is 36.4 Å². The molecule has 0 radical (unpaired) electrons. The van der Waals surface area contributed by atoms with Crippen molar-refractivity contribution < 1.29 is 4.74 Å². The maximum absolute atomic E-state index is 5.97. The number of nitrogens with one attached hydrogen (secondary N) is 1. The summed E-state index contributed by atoms with van der Waals surface area (Å²) in [5.74, 6) is 2.84. The van der Waals surface area contributed by atoms with E-state index in [9.17, 15) is 0 Å². The number of pyridine rings is 1. The first kappa shape index (κ1) is 15.4. The van der Waals surface area contributed by atoms with Crippen LogP contribution in [0.3, 0.4) is 0 Å². The molecule has 2 aromatic rings. The van der Waals surface area contributed by atoms with Gasteiger partial charge in [0.2, 0.25) is 5.88 Å². The highest BCUT2D eigenvalue weighted by molar-refractivity contribution is 5.42. The second kappa shape index (κ2) is 7.11. The molecule has 1 aromatic carbocycles. The normalized spacial score (nSPS) is 10.7. The molecule has 0 amide bonds. The van der Waals surface area contributed by atoms with E-state index in [0.29, 0.717) is 11.8 Å². The van der Waals surface area contributed by atoms with Gasteiger partial charge in [-0.2, -0.15) is 4.98 Å². The van der Waals surface area contributed by atoms with E-state index in [1.54, 1.807) is 0 Å². The quantitative estimate of drug-likeness (QED) is 0.798. The molecule has 0 bridgehead atoms. The van der Waals surface area contributed by atoms with Crippen LogP contribution < -0.4 is 10.1 Å². The van der Waals surface area contributed by atoms with Crippen LogP contribution in [0, 0.1) is 6.92 Å². The first-order chi connectivity index (χ1) is 10.1. The van der Waals surface area contributed by atoms with E-state index in [1.165, 1.54) is 5.56 Å². The molecule has 0 atom stereocenters. The summed E-state index contributed by atoms with van der Waals surface area (Å²) in [5.41, 5.74) is 2.39. The number of rotatable bonds is 6. The summed E-state index contributed by atoms with van der Waals surface area (Å²) in [4.78, 5) is 4.49. The summed E-state index contributed by atoms with van der Waals surface area (Å²) in [6.45, 7) is 9.47. The molecule has 1 N–H and O–H groups in total. The van der Waals surface area contributed by atoms with Crippen LogP contribution in [0.1, 0.15) is 44.2 Å². The molecule has 0 aliphatic rings. The predicted molar refractivity (Wildman–Crippen MR) is 88.4 cm³/mol. The lowest BCUT2D eigenvalue weighted by atomic mass is 10.0. The van der Waals surface area contributed by atoms with E-state index >= 15 is 0 Å². The molecule has 3 nitrogen and oxygen atoms in total. The van der Waals surface area contributed by atoms with E-state index in [2.05, 4.69) is 56.2 Å². The third-order valence-electron chi connectivity index (χ3n) is 3.37. The Morgan fingerprint density at radius 1 is 1.19 bits per heavy atom. The maximum Gasteiger partial charge on any atom is 0.221 e. The van der Waals surface area contributed by atoms with Gasteiger partial charge in [-0.15, -0.1) is 0 Å². The van der Waals surface area contributed by atoms with Crippen LogP contribution in [-0.4, -0.2) is 11.5 Å². The summed E-state index contributed by atoms with van der Waals surface area (Å²) in [6, 6.07) is 12.2. The van der Waals surface area contributed by atoms with Gasteiger partial charge in [0, 0.05) is 12.6 Å². The van der Waals surface area contributed by atoms with Crippen LogP contribution in [0.5, 0.6) is 11.6 Å². The van der Waals surface area contributed by atoms with Gasteiger partial charge in [-0.3, -0.25) is 0 Å². The molecule has 0 aliphatic heterocycles. The van der Waals surface area contributed by atoms with Gasteiger partial charge < -0.3 is 10.1 Å². The van der Waals surface area contributed by atoms with Crippen LogP contribution >= 0.6 is 0 Å². The number of anilines is 1. The standard InChI is InChI=1S/C18H24N2O/c1-5-11-19-17-7-6-8-18(20-17)21-16-12-15(13(2)3)10-9-14(16)4/h6-10,12-13H,5,11H2,1-4H3,(H,19,20). The smallest absolute Gasteiger partial charge is 0.221 e. The molecule has 2 rings (SSSR count). The van der Waals surface area contributed by atoms with Gasteiger partial charge in [0.05, 0.1) is 0 Å². The van der Waals surface area contributed by atoms with Crippen LogP contribution in [0.4, 0.5) is 5.82 Å². The Kier molecular flexibility index (Phi) is 5.20. The molecule has 21 heavy (non-hydrogen) atoms. The zero-order valence-corrected chi connectivity index (χ0v) is 13.3. The predicted octanol–water partition coefficient (Wildman–Crippen LogP) is 5.13. The van der Waals surface area contributed by atoms with Crippen molar-refractivity contribution in [2.75, 3.05) is 11.9 Å². The fraction of sp³-hybridized carbons (Fsp3) is 0.389. The lowest BCUT2D eigenvalue weighted by molar-refractivity contribution is 0.459. The molecule has 0 spiro atoms. The Bertz CT molecular complexity index is 594. The minimum Gasteiger partial charge on any atom is -0.439 e. The maximum atomic E-state index is 5.97. The molecule has 0 fully saturated rings. The third-order valence-corrected chi connectivity index (χ3v) is 3.37. The molecular weight excluding hydrogens is 260 g/mol.